The fourth-order valence-corrected chi connectivity index (χ4v) is 4.19. The molecular formula is C23H21BN2O3. The second-order valence-electron chi connectivity index (χ2n) is 8.76. The minimum absolute atomic E-state index is 0.419. The number of para-hydroxylation sites is 1. The van der Waals surface area contributed by atoms with Crippen molar-refractivity contribution >= 4 is 51.2 Å². The summed E-state index contributed by atoms with van der Waals surface area (Å²) < 4.78 is 21.2. The van der Waals surface area contributed by atoms with Crippen LogP contribution in [0.4, 0.5) is 0 Å². The van der Waals surface area contributed by atoms with Crippen molar-refractivity contribution in [1.82, 2.24) is 9.38 Å². The van der Waals surface area contributed by atoms with E-state index in [1.54, 1.807) is 0 Å². The highest BCUT2D eigenvalue weighted by Gasteiger charge is 2.52. The second kappa shape index (κ2) is 5.40. The smallest absolute Gasteiger partial charge is 0.454 e. The third-order valence-corrected chi connectivity index (χ3v) is 6.47. The second-order valence-corrected chi connectivity index (χ2v) is 8.76. The van der Waals surface area contributed by atoms with Gasteiger partial charge in [0.1, 0.15) is 16.7 Å². The molecule has 6 heteroatoms. The lowest BCUT2D eigenvalue weighted by molar-refractivity contribution is 0.00578. The number of nitrogens with zero attached hydrogens (tertiary/aromatic N) is 2. The summed E-state index contributed by atoms with van der Waals surface area (Å²) in [5, 5.41) is 2.06. The number of aromatic nitrogens is 2. The van der Waals surface area contributed by atoms with Crippen molar-refractivity contribution in [3.8, 4) is 0 Å². The molecule has 0 saturated carbocycles. The number of imidazole rings is 1. The largest absolute Gasteiger partial charge is 0.495 e. The van der Waals surface area contributed by atoms with E-state index in [9.17, 15) is 0 Å². The van der Waals surface area contributed by atoms with Gasteiger partial charge in [-0.25, -0.2) is 4.98 Å². The lowest BCUT2D eigenvalue weighted by Crippen LogP contribution is -2.41. The highest BCUT2D eigenvalue weighted by molar-refractivity contribution is 6.66. The first-order valence-electron chi connectivity index (χ1n) is 9.92. The summed E-state index contributed by atoms with van der Waals surface area (Å²) in [6, 6.07) is 16.2. The molecular weight excluding hydrogens is 363 g/mol. The SMILES string of the molecule is CC1(C)OB(c2cc3c(nc4ccccn43)c3oc4ccccc4c23)OC1(C)C. The Bertz CT molecular complexity index is 1410. The maximum absolute atomic E-state index is 6.42. The van der Waals surface area contributed by atoms with E-state index in [1.165, 1.54) is 0 Å². The number of rotatable bonds is 1. The Morgan fingerprint density at radius 1 is 0.931 bits per heavy atom. The monoisotopic (exact) mass is 384 g/mol. The van der Waals surface area contributed by atoms with E-state index in [1.807, 2.05) is 42.6 Å². The molecule has 0 spiro atoms. The third-order valence-electron chi connectivity index (χ3n) is 6.47. The van der Waals surface area contributed by atoms with Gasteiger partial charge in [-0.05, 0) is 57.4 Å². The summed E-state index contributed by atoms with van der Waals surface area (Å²) in [6.45, 7) is 8.30. The summed E-state index contributed by atoms with van der Waals surface area (Å²) in [6.07, 6.45) is 2.02. The molecule has 1 fully saturated rings. The van der Waals surface area contributed by atoms with E-state index in [-0.39, 0.29) is 0 Å². The predicted octanol–water partition coefficient (Wildman–Crippen LogP) is 4.69. The van der Waals surface area contributed by atoms with Gasteiger partial charge in [0.15, 0.2) is 5.58 Å². The summed E-state index contributed by atoms with van der Waals surface area (Å²) in [4.78, 5) is 4.85. The van der Waals surface area contributed by atoms with E-state index in [0.717, 1.165) is 44.1 Å². The van der Waals surface area contributed by atoms with Gasteiger partial charge in [-0.2, -0.15) is 0 Å². The highest BCUT2D eigenvalue weighted by Crippen LogP contribution is 2.39. The third kappa shape index (κ3) is 2.21. The van der Waals surface area contributed by atoms with Crippen LogP contribution in [0.2, 0.25) is 0 Å². The maximum atomic E-state index is 6.42. The number of fused-ring (bicyclic) bond motifs is 7. The molecule has 0 N–H and O–H groups in total. The molecule has 0 atom stereocenters. The van der Waals surface area contributed by atoms with E-state index in [2.05, 4.69) is 44.2 Å². The Kier molecular flexibility index (Phi) is 3.18. The van der Waals surface area contributed by atoms with Crippen LogP contribution in [0.5, 0.6) is 0 Å². The topological polar surface area (TPSA) is 48.9 Å². The molecule has 0 aliphatic carbocycles. The minimum Gasteiger partial charge on any atom is -0.454 e. The van der Waals surface area contributed by atoms with Crippen LogP contribution in [0.15, 0.2) is 59.1 Å². The molecule has 144 valence electrons. The fraction of sp³-hybridized carbons (Fsp3) is 0.261. The summed E-state index contributed by atoms with van der Waals surface area (Å²) in [5.41, 5.74) is 4.47. The van der Waals surface area contributed by atoms with E-state index >= 15 is 0 Å². The predicted molar refractivity (Wildman–Crippen MR) is 116 cm³/mol. The Morgan fingerprint density at radius 2 is 1.66 bits per heavy atom. The molecule has 6 rings (SSSR count). The van der Waals surface area contributed by atoms with Crippen LogP contribution in [-0.4, -0.2) is 27.7 Å². The van der Waals surface area contributed by atoms with Crippen LogP contribution < -0.4 is 5.46 Å². The molecule has 5 nitrogen and oxygen atoms in total. The molecule has 29 heavy (non-hydrogen) atoms. The van der Waals surface area contributed by atoms with Crippen molar-refractivity contribution in [2.24, 2.45) is 0 Å². The average molecular weight is 384 g/mol. The Morgan fingerprint density at radius 3 is 2.45 bits per heavy atom. The van der Waals surface area contributed by atoms with E-state index in [0.29, 0.717) is 0 Å². The van der Waals surface area contributed by atoms with Crippen LogP contribution in [0.3, 0.4) is 0 Å². The molecule has 0 unspecified atom stereocenters. The minimum atomic E-state index is -0.484. The van der Waals surface area contributed by atoms with Gasteiger partial charge in [0.2, 0.25) is 0 Å². The zero-order valence-corrected chi connectivity index (χ0v) is 16.9. The number of furan rings is 1. The van der Waals surface area contributed by atoms with Gasteiger partial charge in [0.05, 0.1) is 16.7 Å². The summed E-state index contributed by atoms with van der Waals surface area (Å²) >= 11 is 0. The summed E-state index contributed by atoms with van der Waals surface area (Å²) in [7, 11) is -0.484. The molecule has 4 heterocycles. The Balaban J connectivity index is 1.75. The Labute approximate surface area is 168 Å². The first-order valence-corrected chi connectivity index (χ1v) is 9.92. The van der Waals surface area contributed by atoms with Crippen LogP contribution >= 0.6 is 0 Å². The molecule has 2 aromatic carbocycles. The number of benzene rings is 2. The fourth-order valence-electron chi connectivity index (χ4n) is 4.19. The molecule has 0 amide bonds. The van der Waals surface area contributed by atoms with E-state index < -0.39 is 18.3 Å². The molecule has 1 saturated heterocycles. The van der Waals surface area contributed by atoms with Crippen LogP contribution in [0.25, 0.3) is 38.6 Å². The number of hydrogen-bond acceptors (Lipinski definition) is 4. The van der Waals surface area contributed by atoms with Crippen molar-refractivity contribution in [2.75, 3.05) is 0 Å². The Hall–Kier alpha value is -2.83. The van der Waals surface area contributed by atoms with Crippen molar-refractivity contribution in [1.29, 1.82) is 0 Å². The number of pyridine rings is 1. The van der Waals surface area contributed by atoms with E-state index in [4.69, 9.17) is 18.7 Å². The van der Waals surface area contributed by atoms with Gasteiger partial charge < -0.3 is 13.7 Å². The van der Waals surface area contributed by atoms with Gasteiger partial charge in [-0.1, -0.05) is 24.3 Å². The molecule has 1 aliphatic heterocycles. The van der Waals surface area contributed by atoms with Gasteiger partial charge in [0, 0.05) is 17.0 Å². The quantitative estimate of drug-likeness (QED) is 0.394. The summed E-state index contributed by atoms with van der Waals surface area (Å²) in [5.74, 6) is 0. The van der Waals surface area contributed by atoms with Crippen molar-refractivity contribution in [2.45, 2.75) is 38.9 Å². The zero-order valence-electron chi connectivity index (χ0n) is 16.9. The van der Waals surface area contributed by atoms with Crippen molar-refractivity contribution < 1.29 is 13.7 Å². The van der Waals surface area contributed by atoms with Crippen LogP contribution in [0.1, 0.15) is 27.7 Å². The lowest BCUT2D eigenvalue weighted by atomic mass is 9.76. The van der Waals surface area contributed by atoms with Crippen LogP contribution in [-0.2, 0) is 9.31 Å². The first-order chi connectivity index (χ1) is 13.9. The van der Waals surface area contributed by atoms with Crippen LogP contribution in [0, 0.1) is 0 Å². The maximum Gasteiger partial charge on any atom is 0.495 e. The van der Waals surface area contributed by atoms with Crippen molar-refractivity contribution in [3.05, 3.63) is 54.7 Å². The first kappa shape index (κ1) is 17.1. The zero-order chi connectivity index (χ0) is 20.0. The molecule has 0 bridgehead atoms. The van der Waals surface area contributed by atoms with Gasteiger partial charge in [0.25, 0.3) is 0 Å². The lowest BCUT2D eigenvalue weighted by Gasteiger charge is -2.32. The number of hydrogen-bond donors (Lipinski definition) is 0. The van der Waals surface area contributed by atoms with Crippen molar-refractivity contribution in [3.63, 3.8) is 0 Å². The molecule has 3 aromatic heterocycles. The molecule has 0 radical (unpaired) electrons. The van der Waals surface area contributed by atoms with Gasteiger partial charge in [-0.15, -0.1) is 0 Å². The van der Waals surface area contributed by atoms with Gasteiger partial charge in [-0.3, -0.25) is 4.40 Å². The van der Waals surface area contributed by atoms with Gasteiger partial charge >= 0.3 is 7.12 Å². The molecule has 5 aromatic rings. The average Bonchev–Trinajstić information content (AvgIpc) is 3.30. The highest BCUT2D eigenvalue weighted by atomic mass is 16.7. The normalized spacial score (nSPS) is 18.6. The molecule has 1 aliphatic rings. The standard InChI is InChI=1S/C23H21BN2O3/c1-22(2)23(3,4)29-24(28-22)15-13-16-20(25-18-11-7-8-12-26(16)18)21-19(15)14-9-5-6-10-17(14)27-21/h5-13H,1-4H3.